The van der Waals surface area contributed by atoms with Crippen LogP contribution in [0, 0.1) is 5.41 Å². The third kappa shape index (κ3) is 8.75. The predicted octanol–water partition coefficient (Wildman–Crippen LogP) is 22.9. The molecule has 0 N–H and O–H groups in total. The molecule has 0 bridgehead atoms. The first kappa shape index (κ1) is 52.6. The first-order valence-corrected chi connectivity index (χ1v) is 31.1. The summed E-state index contributed by atoms with van der Waals surface area (Å²) in [4.78, 5) is 5.17. The molecule has 0 saturated carbocycles. The summed E-state index contributed by atoms with van der Waals surface area (Å²) in [6, 6.07) is 84.3. The van der Waals surface area contributed by atoms with E-state index in [0.29, 0.717) is 0 Å². The van der Waals surface area contributed by atoms with Gasteiger partial charge in [0.25, 0.3) is 0 Å². The minimum absolute atomic E-state index is 0.0175. The van der Waals surface area contributed by atoms with Crippen molar-refractivity contribution in [2.24, 2.45) is 5.41 Å². The largest absolute Gasteiger partial charge is 0.455 e. The molecule has 3 aliphatic rings. The van der Waals surface area contributed by atoms with Crippen molar-refractivity contribution in [2.45, 2.75) is 77.7 Å². The lowest BCUT2D eigenvalue weighted by atomic mass is 9.67. The molecule has 4 heteroatoms. The van der Waals surface area contributed by atoms with Crippen LogP contribution >= 0.6 is 11.3 Å². The summed E-state index contributed by atoms with van der Waals surface area (Å²) in [5.74, 6) is 0. The van der Waals surface area contributed by atoms with Crippen LogP contribution in [0.4, 0.5) is 28.4 Å². The van der Waals surface area contributed by atoms with Crippen molar-refractivity contribution < 1.29 is 4.42 Å². The van der Waals surface area contributed by atoms with E-state index in [1.165, 1.54) is 87.1 Å². The molecule has 0 fully saturated rings. The number of rotatable bonds is 10. The van der Waals surface area contributed by atoms with Gasteiger partial charge in [-0.2, -0.15) is 0 Å². The number of fused-ring (bicyclic) bond motifs is 11. The van der Waals surface area contributed by atoms with Gasteiger partial charge in [0.1, 0.15) is 11.2 Å². The highest BCUT2D eigenvalue weighted by molar-refractivity contribution is 7.26. The van der Waals surface area contributed by atoms with Gasteiger partial charge < -0.3 is 14.2 Å². The lowest BCUT2D eigenvalue weighted by molar-refractivity contribution is 0.510. The monoisotopic (exact) mass is 1120 g/mol. The molecule has 15 rings (SSSR count). The Hall–Kier alpha value is -9.22. The van der Waals surface area contributed by atoms with E-state index >= 15 is 0 Å². The van der Waals surface area contributed by atoms with Gasteiger partial charge in [0.05, 0.1) is 28.2 Å². The molecule has 0 amide bonds. The zero-order valence-corrected chi connectivity index (χ0v) is 50.1. The number of furan rings is 1. The van der Waals surface area contributed by atoms with Crippen LogP contribution in [-0.4, -0.2) is 6.04 Å². The molecule has 1 unspecified atom stereocenters. The minimum Gasteiger partial charge on any atom is -0.455 e. The number of nitrogens with zero attached hydrogens (tertiary/aromatic N) is 2. The molecule has 1 atom stereocenters. The molecular formula is C81H68N2OS. The summed E-state index contributed by atoms with van der Waals surface area (Å²) in [5.41, 5.74) is 21.2. The Morgan fingerprint density at radius 2 is 1.07 bits per heavy atom. The first-order chi connectivity index (χ1) is 41.4. The third-order valence-corrected chi connectivity index (χ3v) is 19.4. The van der Waals surface area contributed by atoms with Gasteiger partial charge in [-0.3, -0.25) is 0 Å². The topological polar surface area (TPSA) is 19.6 Å². The smallest absolute Gasteiger partial charge is 0.145 e. The molecule has 2 heterocycles. The van der Waals surface area contributed by atoms with Crippen molar-refractivity contribution in [3.8, 4) is 22.3 Å². The van der Waals surface area contributed by atoms with Gasteiger partial charge in [0.2, 0.25) is 0 Å². The van der Waals surface area contributed by atoms with Crippen LogP contribution in [0.2, 0.25) is 0 Å². The molecule has 2 aromatic heterocycles. The van der Waals surface area contributed by atoms with E-state index in [9.17, 15) is 0 Å². The number of anilines is 5. The van der Waals surface area contributed by atoms with Gasteiger partial charge in [0.15, 0.2) is 0 Å². The van der Waals surface area contributed by atoms with Gasteiger partial charge in [0, 0.05) is 53.7 Å². The van der Waals surface area contributed by atoms with Crippen molar-refractivity contribution in [3.63, 3.8) is 0 Å². The molecule has 3 nitrogen and oxygen atoms in total. The Labute approximate surface area is 503 Å². The molecule has 0 aliphatic heterocycles. The fraction of sp³-hybridized carbons (Fsp3) is 0.160. The van der Waals surface area contributed by atoms with E-state index in [4.69, 9.17) is 4.42 Å². The summed E-state index contributed by atoms with van der Waals surface area (Å²) in [7, 11) is 0. The van der Waals surface area contributed by atoms with Crippen LogP contribution in [0.5, 0.6) is 0 Å². The summed E-state index contributed by atoms with van der Waals surface area (Å²) < 4.78 is 10.1. The Bertz CT molecular complexity index is 4620. The maximum Gasteiger partial charge on any atom is 0.145 e. The van der Waals surface area contributed by atoms with E-state index in [1.54, 1.807) is 0 Å². The van der Waals surface area contributed by atoms with E-state index in [2.05, 4.69) is 312 Å². The number of thiophene rings is 1. The van der Waals surface area contributed by atoms with Crippen LogP contribution in [0.25, 0.3) is 69.9 Å². The average Bonchev–Trinajstić information content (AvgIpc) is 1.52. The van der Waals surface area contributed by atoms with Gasteiger partial charge in [-0.25, -0.2) is 0 Å². The Morgan fingerprint density at radius 3 is 1.71 bits per heavy atom. The Kier molecular flexibility index (Phi) is 12.7. The molecule has 0 saturated heterocycles. The molecule has 85 heavy (non-hydrogen) atoms. The van der Waals surface area contributed by atoms with Crippen molar-refractivity contribution in [1.82, 2.24) is 0 Å². The summed E-state index contributed by atoms with van der Waals surface area (Å²) in [6.45, 7) is 13.9. The summed E-state index contributed by atoms with van der Waals surface area (Å²) in [5, 5.41) is 4.68. The maximum atomic E-state index is 7.63. The zero-order chi connectivity index (χ0) is 57.6. The third-order valence-electron chi connectivity index (χ3n) is 18.2. The van der Waals surface area contributed by atoms with Crippen molar-refractivity contribution in [3.05, 3.63) is 300 Å². The fourth-order valence-corrected chi connectivity index (χ4v) is 15.3. The van der Waals surface area contributed by atoms with Crippen LogP contribution in [0.1, 0.15) is 94.2 Å². The van der Waals surface area contributed by atoms with Crippen LogP contribution in [-0.2, 0) is 10.8 Å². The highest BCUT2D eigenvalue weighted by atomic mass is 32.1. The molecule has 3 aliphatic carbocycles. The van der Waals surface area contributed by atoms with Crippen LogP contribution in [0.3, 0.4) is 0 Å². The second kappa shape index (κ2) is 20.5. The Balaban J connectivity index is 1.08. The van der Waals surface area contributed by atoms with Gasteiger partial charge >= 0.3 is 0 Å². The highest BCUT2D eigenvalue weighted by Crippen LogP contribution is 2.65. The van der Waals surface area contributed by atoms with Crippen LogP contribution in [0.15, 0.2) is 271 Å². The van der Waals surface area contributed by atoms with Crippen molar-refractivity contribution in [1.29, 1.82) is 0 Å². The summed E-state index contributed by atoms with van der Waals surface area (Å²) >= 11 is 1.92. The van der Waals surface area contributed by atoms with Crippen molar-refractivity contribution in [2.75, 3.05) is 9.80 Å². The fourth-order valence-electron chi connectivity index (χ4n) is 14.0. The highest BCUT2D eigenvalue weighted by Gasteiger charge is 2.50. The molecule has 414 valence electrons. The van der Waals surface area contributed by atoms with Gasteiger partial charge in [-0.15, -0.1) is 11.3 Å². The molecule has 0 spiro atoms. The Morgan fingerprint density at radius 1 is 0.494 bits per heavy atom. The minimum atomic E-state index is -0.829. The predicted molar refractivity (Wildman–Crippen MR) is 363 cm³/mol. The number of hydrogen-bond donors (Lipinski definition) is 0. The standard InChI is InChI=1S/C81H68N2OS/c1-79(2,3)57-39-47-63(48-40-57)82(61-43-35-55(36-44-61)53-23-11-7-12-24-53)69-51-67-75(77-73(69)65-31-19-21-33-71(65)84-77)76-68(81(67,59-27-15-9-16-28-59)60-29-17-10-18-30-60)52-70(74-66-32-20-22-34-72(66)85-78(74)76)83(64-49-41-58(42-50-64)80(4,5)6)62-45-37-56(38-46-62)54-25-13-8-14-26-54/h8-11,13-49,51-52,64H,7,12,50H2,1-6H3. The second-order valence-electron chi connectivity index (χ2n) is 25.4. The molecule has 10 aromatic carbocycles. The lowest BCUT2D eigenvalue weighted by Gasteiger charge is -2.38. The number of allylic oxidation sites excluding steroid dienone is 6. The quantitative estimate of drug-likeness (QED) is 0.136. The second-order valence-corrected chi connectivity index (χ2v) is 26.4. The first-order valence-electron chi connectivity index (χ1n) is 30.2. The number of benzene rings is 10. The molecule has 12 aromatic rings. The number of para-hydroxylation sites is 1. The van der Waals surface area contributed by atoms with Crippen molar-refractivity contribution >= 4 is 87.5 Å². The van der Waals surface area contributed by atoms with E-state index in [1.807, 2.05) is 11.3 Å². The average molecular weight is 1120 g/mol. The van der Waals surface area contributed by atoms with E-state index in [-0.39, 0.29) is 16.9 Å². The molecule has 0 radical (unpaired) electrons. The van der Waals surface area contributed by atoms with Crippen LogP contribution < -0.4 is 9.80 Å². The van der Waals surface area contributed by atoms with E-state index < -0.39 is 5.41 Å². The zero-order valence-electron chi connectivity index (χ0n) is 49.2. The molecular weight excluding hydrogens is 1050 g/mol. The normalized spacial score (nSPS) is 15.5. The van der Waals surface area contributed by atoms with Gasteiger partial charge in [-0.05, 0) is 146 Å². The summed E-state index contributed by atoms with van der Waals surface area (Å²) in [6.07, 6.45) is 17.3. The lowest BCUT2D eigenvalue weighted by Crippen LogP contribution is -2.32. The SMILES string of the molecule is CC(C)(C)C1=CCC(N(c2ccc(-c3ccccc3)cc2)c2cc3c(c4sc5ccccc5c24)-c2c(cc(N(c4ccc(C5=CCCC=C5)cc4)c4ccc(C(C)(C)C)cc4)c4c2oc2ccccc24)C3(c2ccccc2)c2ccccc2)C=C1. The van der Waals surface area contributed by atoms with E-state index in [0.717, 1.165) is 69.5 Å². The number of hydrogen-bond acceptors (Lipinski definition) is 4. The maximum absolute atomic E-state index is 7.63. The van der Waals surface area contributed by atoms with Gasteiger partial charge in [-0.1, -0.05) is 242 Å².